The van der Waals surface area contributed by atoms with Crippen LogP contribution < -0.4 is 10.5 Å². The van der Waals surface area contributed by atoms with Crippen LogP contribution in [0.1, 0.15) is 25.3 Å². The number of ether oxygens (including phenoxy) is 2. The molecule has 0 saturated heterocycles. The second kappa shape index (κ2) is 5.69. The highest BCUT2D eigenvalue weighted by Gasteiger charge is 2.32. The summed E-state index contributed by atoms with van der Waals surface area (Å²) in [4.78, 5) is 0. The topological polar surface area (TPSA) is 88.1 Å². The van der Waals surface area contributed by atoms with Gasteiger partial charge in [-0.05, 0) is 47.9 Å². The molecular weight excluding hydrogens is 270 g/mol. The summed E-state index contributed by atoms with van der Waals surface area (Å²) in [5.41, 5.74) is 7.33. The Kier molecular flexibility index (Phi) is 3.74. The van der Waals surface area contributed by atoms with Crippen molar-refractivity contribution in [3.63, 3.8) is 0 Å². The predicted octanol–water partition coefficient (Wildman–Crippen LogP) is 1.67. The molecule has 112 valence electrons. The second-order valence-corrected chi connectivity index (χ2v) is 5.18. The summed E-state index contributed by atoms with van der Waals surface area (Å²) in [7, 11) is 3.35. The van der Waals surface area contributed by atoms with Crippen molar-refractivity contribution in [3.05, 3.63) is 18.2 Å². The molecule has 1 fully saturated rings. The summed E-state index contributed by atoms with van der Waals surface area (Å²) in [6.45, 7) is 0. The van der Waals surface area contributed by atoms with Gasteiger partial charge in [0.15, 0.2) is 5.82 Å². The van der Waals surface area contributed by atoms with Crippen molar-refractivity contribution >= 4 is 5.69 Å². The molecule has 2 aromatic rings. The quantitative estimate of drug-likeness (QED) is 0.861. The number of hydrogen-bond acceptors (Lipinski definition) is 6. The number of benzene rings is 1. The minimum absolute atomic E-state index is 0.138. The van der Waals surface area contributed by atoms with E-state index in [2.05, 4.69) is 15.5 Å². The van der Waals surface area contributed by atoms with Crippen molar-refractivity contribution in [2.45, 2.75) is 31.4 Å². The Bertz CT molecular complexity index is 628. The summed E-state index contributed by atoms with van der Waals surface area (Å²) >= 11 is 0. The summed E-state index contributed by atoms with van der Waals surface area (Å²) in [5.74, 6) is 1.36. The lowest BCUT2D eigenvalue weighted by atomic mass is 10.1. The van der Waals surface area contributed by atoms with Crippen LogP contribution in [-0.4, -0.2) is 40.5 Å². The molecule has 21 heavy (non-hydrogen) atoms. The first-order chi connectivity index (χ1) is 10.2. The summed E-state index contributed by atoms with van der Waals surface area (Å²) < 4.78 is 12.8. The van der Waals surface area contributed by atoms with Crippen molar-refractivity contribution in [1.82, 2.24) is 20.2 Å². The lowest BCUT2D eigenvalue weighted by Crippen LogP contribution is -2.22. The molecule has 7 heteroatoms. The van der Waals surface area contributed by atoms with Gasteiger partial charge in [0.25, 0.3) is 0 Å². The summed E-state index contributed by atoms with van der Waals surface area (Å²) in [6, 6.07) is 5.60. The fraction of sp³-hybridized carbons (Fsp3) is 0.500. The van der Waals surface area contributed by atoms with Crippen LogP contribution in [0.25, 0.3) is 11.4 Å². The number of hydrogen-bond donors (Lipinski definition) is 1. The molecule has 7 nitrogen and oxygen atoms in total. The molecule has 0 aliphatic heterocycles. The average molecular weight is 289 g/mol. The zero-order chi connectivity index (χ0) is 14.8. The van der Waals surface area contributed by atoms with Crippen LogP contribution in [0.3, 0.4) is 0 Å². The lowest BCUT2D eigenvalue weighted by molar-refractivity contribution is 0.0707. The maximum Gasteiger partial charge on any atom is 0.186 e. The van der Waals surface area contributed by atoms with Crippen molar-refractivity contribution in [2.75, 3.05) is 20.0 Å². The molecule has 1 aromatic heterocycles. The molecule has 1 aliphatic carbocycles. The Hall–Kier alpha value is -2.15. The molecule has 0 radical (unpaired) electrons. The molecule has 3 rings (SSSR count). The number of nitrogens with two attached hydrogens (primary N) is 1. The molecule has 2 unspecified atom stereocenters. The van der Waals surface area contributed by atoms with E-state index < -0.39 is 0 Å². The highest BCUT2D eigenvalue weighted by molar-refractivity contribution is 5.68. The molecule has 2 N–H and O–H groups in total. The fourth-order valence-corrected chi connectivity index (χ4v) is 2.96. The standard InChI is InChI=1S/C14H19N5O2/c1-20-12-7-6-9(15)8-10(12)14-16-17-18-19(14)11-4-3-5-13(11)21-2/h6-8,11,13H,3-5,15H2,1-2H3. The lowest BCUT2D eigenvalue weighted by Gasteiger charge is -2.19. The molecule has 0 spiro atoms. The van der Waals surface area contributed by atoms with Gasteiger partial charge in [-0.15, -0.1) is 5.10 Å². The minimum Gasteiger partial charge on any atom is -0.496 e. The van der Waals surface area contributed by atoms with E-state index in [0.717, 1.165) is 24.8 Å². The van der Waals surface area contributed by atoms with Crippen LogP contribution in [0, 0.1) is 0 Å². The Labute approximate surface area is 123 Å². The molecule has 1 heterocycles. The Morgan fingerprint density at radius 2 is 2.14 bits per heavy atom. The Balaban J connectivity index is 2.05. The largest absolute Gasteiger partial charge is 0.496 e. The maximum absolute atomic E-state index is 5.89. The zero-order valence-electron chi connectivity index (χ0n) is 12.2. The van der Waals surface area contributed by atoms with Gasteiger partial charge < -0.3 is 15.2 Å². The number of tetrazole rings is 1. The van der Waals surface area contributed by atoms with Crippen molar-refractivity contribution in [3.8, 4) is 17.1 Å². The molecule has 1 saturated carbocycles. The summed E-state index contributed by atoms with van der Waals surface area (Å²) in [5, 5.41) is 12.1. The highest BCUT2D eigenvalue weighted by Crippen LogP contribution is 2.36. The van der Waals surface area contributed by atoms with Crippen LogP contribution in [0.5, 0.6) is 5.75 Å². The van der Waals surface area contributed by atoms with E-state index in [-0.39, 0.29) is 12.1 Å². The van der Waals surface area contributed by atoms with Gasteiger partial charge in [-0.25, -0.2) is 4.68 Å². The van der Waals surface area contributed by atoms with E-state index >= 15 is 0 Å². The third kappa shape index (κ3) is 2.44. The number of rotatable bonds is 4. The normalized spacial score (nSPS) is 21.6. The first-order valence-electron chi connectivity index (χ1n) is 6.99. The average Bonchev–Trinajstić information content (AvgIpc) is 3.15. The Morgan fingerprint density at radius 3 is 2.90 bits per heavy atom. The van der Waals surface area contributed by atoms with E-state index in [4.69, 9.17) is 15.2 Å². The Morgan fingerprint density at radius 1 is 1.29 bits per heavy atom. The number of nitrogens with zero attached hydrogens (tertiary/aromatic N) is 4. The second-order valence-electron chi connectivity index (χ2n) is 5.18. The van der Waals surface area contributed by atoms with E-state index in [1.54, 1.807) is 20.3 Å². The van der Waals surface area contributed by atoms with E-state index in [9.17, 15) is 0 Å². The van der Waals surface area contributed by atoms with Gasteiger partial charge in [0.2, 0.25) is 0 Å². The van der Waals surface area contributed by atoms with Gasteiger partial charge >= 0.3 is 0 Å². The van der Waals surface area contributed by atoms with Crippen molar-refractivity contribution < 1.29 is 9.47 Å². The zero-order valence-corrected chi connectivity index (χ0v) is 12.2. The third-order valence-electron chi connectivity index (χ3n) is 3.99. The van der Waals surface area contributed by atoms with Crippen molar-refractivity contribution in [1.29, 1.82) is 0 Å². The molecule has 2 atom stereocenters. The van der Waals surface area contributed by atoms with Gasteiger partial charge in [-0.3, -0.25) is 0 Å². The third-order valence-corrected chi connectivity index (χ3v) is 3.99. The molecule has 0 bridgehead atoms. The SMILES string of the molecule is COc1ccc(N)cc1-c1nnnn1C1CCCC1OC. The number of nitrogen functional groups attached to an aromatic ring is 1. The molecule has 1 aliphatic rings. The maximum atomic E-state index is 5.89. The number of aromatic nitrogens is 4. The van der Waals surface area contributed by atoms with Crippen LogP contribution >= 0.6 is 0 Å². The monoisotopic (exact) mass is 289 g/mol. The van der Waals surface area contributed by atoms with Gasteiger partial charge in [-0.1, -0.05) is 0 Å². The van der Waals surface area contributed by atoms with Gasteiger partial charge in [0.05, 0.1) is 24.8 Å². The molecule has 1 aromatic carbocycles. The van der Waals surface area contributed by atoms with Crippen LogP contribution in [0.15, 0.2) is 18.2 Å². The first kappa shape index (κ1) is 13.8. The number of methoxy groups -OCH3 is 2. The highest BCUT2D eigenvalue weighted by atomic mass is 16.5. The molecule has 0 amide bonds. The molecular formula is C14H19N5O2. The van der Waals surface area contributed by atoms with Gasteiger partial charge in [0, 0.05) is 12.8 Å². The number of anilines is 1. The van der Waals surface area contributed by atoms with Gasteiger partial charge in [-0.2, -0.15) is 0 Å². The fourth-order valence-electron chi connectivity index (χ4n) is 2.96. The summed E-state index contributed by atoms with van der Waals surface area (Å²) in [6.07, 6.45) is 3.27. The van der Waals surface area contributed by atoms with Crippen LogP contribution in [-0.2, 0) is 4.74 Å². The predicted molar refractivity (Wildman–Crippen MR) is 77.9 cm³/mol. The smallest absolute Gasteiger partial charge is 0.186 e. The minimum atomic E-state index is 0.138. The van der Waals surface area contributed by atoms with E-state index in [1.807, 2.05) is 16.8 Å². The van der Waals surface area contributed by atoms with Crippen molar-refractivity contribution in [2.24, 2.45) is 0 Å². The van der Waals surface area contributed by atoms with E-state index in [1.165, 1.54) is 0 Å². The van der Waals surface area contributed by atoms with E-state index in [0.29, 0.717) is 17.3 Å². The first-order valence-corrected chi connectivity index (χ1v) is 6.99. The van der Waals surface area contributed by atoms with Crippen LogP contribution in [0.2, 0.25) is 0 Å². The van der Waals surface area contributed by atoms with Crippen LogP contribution in [0.4, 0.5) is 5.69 Å². The van der Waals surface area contributed by atoms with Gasteiger partial charge in [0.1, 0.15) is 5.75 Å².